The quantitative estimate of drug-likeness (QED) is 0.490. The molecule has 4 rings (SSSR count). The number of benzene rings is 2. The molecule has 0 unspecified atom stereocenters. The van der Waals surface area contributed by atoms with Crippen LogP contribution in [0.2, 0.25) is 0 Å². The summed E-state index contributed by atoms with van der Waals surface area (Å²) >= 11 is 0. The third kappa shape index (κ3) is 8.04. The fourth-order valence-corrected chi connectivity index (χ4v) is 5.49. The highest BCUT2D eigenvalue weighted by Gasteiger charge is 2.33. The van der Waals surface area contributed by atoms with Gasteiger partial charge < -0.3 is 14.8 Å². The molecule has 0 bridgehead atoms. The lowest BCUT2D eigenvalue weighted by Gasteiger charge is -2.40. The maximum absolute atomic E-state index is 13.6. The number of rotatable bonds is 7. The van der Waals surface area contributed by atoms with Crippen molar-refractivity contribution in [1.82, 2.24) is 10.2 Å². The second-order valence-corrected chi connectivity index (χ2v) is 11.4. The Morgan fingerprint density at radius 1 is 1.03 bits per heavy atom. The highest BCUT2D eigenvalue weighted by atomic mass is 19.1. The molecule has 1 amide bonds. The standard InChI is InChI=1S/C30H41FN2O3/c1-30(2,3)36-29(34)32-28-16-17-33(19-22-8-5-4-6-9-22)20-25(28)21-35-27-14-12-23(13-15-27)24-10-7-11-26(31)18-24/h4-11,18,23,25,27-28H,12-17,19-21H2,1-3H3,(H,32,34)/t23?,25-,27?,28+/m0/s1. The minimum atomic E-state index is -0.523. The molecule has 36 heavy (non-hydrogen) atoms. The Morgan fingerprint density at radius 3 is 2.47 bits per heavy atom. The topological polar surface area (TPSA) is 50.8 Å². The molecule has 0 aromatic heterocycles. The molecule has 1 N–H and O–H groups in total. The summed E-state index contributed by atoms with van der Waals surface area (Å²) in [6.07, 6.45) is 4.70. The summed E-state index contributed by atoms with van der Waals surface area (Å²) in [5.74, 6) is 0.431. The Morgan fingerprint density at radius 2 is 1.78 bits per heavy atom. The summed E-state index contributed by atoms with van der Waals surface area (Å²) < 4.78 is 25.6. The number of ether oxygens (including phenoxy) is 2. The zero-order chi connectivity index (χ0) is 25.5. The van der Waals surface area contributed by atoms with Gasteiger partial charge in [0.15, 0.2) is 0 Å². The molecule has 2 aromatic rings. The molecule has 1 heterocycles. The van der Waals surface area contributed by atoms with Gasteiger partial charge in [-0.25, -0.2) is 9.18 Å². The van der Waals surface area contributed by atoms with Crippen LogP contribution in [0.4, 0.5) is 9.18 Å². The normalized spacial score (nSPS) is 25.3. The molecule has 2 fully saturated rings. The van der Waals surface area contributed by atoms with Gasteiger partial charge in [0.25, 0.3) is 0 Å². The average Bonchev–Trinajstić information content (AvgIpc) is 2.84. The van der Waals surface area contributed by atoms with E-state index in [1.165, 1.54) is 11.6 Å². The van der Waals surface area contributed by atoms with Gasteiger partial charge in [0, 0.05) is 31.6 Å². The first-order chi connectivity index (χ1) is 17.2. The minimum absolute atomic E-state index is 0.0236. The second kappa shape index (κ2) is 12.2. The van der Waals surface area contributed by atoms with Gasteiger partial charge in [0.05, 0.1) is 12.7 Å². The number of likely N-dealkylation sites (tertiary alicyclic amines) is 1. The zero-order valence-corrected chi connectivity index (χ0v) is 21.9. The van der Waals surface area contributed by atoms with Gasteiger partial charge in [-0.05, 0) is 82.1 Å². The number of alkyl carbamates (subject to hydrolysis) is 1. The largest absolute Gasteiger partial charge is 0.444 e. The summed E-state index contributed by atoms with van der Waals surface area (Å²) in [5, 5.41) is 3.13. The number of hydrogen-bond acceptors (Lipinski definition) is 4. The third-order valence-corrected chi connectivity index (χ3v) is 7.31. The summed E-state index contributed by atoms with van der Waals surface area (Å²) in [6, 6.07) is 17.5. The SMILES string of the molecule is CC(C)(C)OC(=O)N[C@@H]1CCN(Cc2ccccc2)C[C@H]1COC1CCC(c2cccc(F)c2)CC1. The van der Waals surface area contributed by atoms with Crippen LogP contribution in [-0.4, -0.2) is 48.4 Å². The van der Waals surface area contributed by atoms with Crippen LogP contribution in [0.3, 0.4) is 0 Å². The highest BCUT2D eigenvalue weighted by molar-refractivity contribution is 5.68. The van der Waals surface area contributed by atoms with Gasteiger partial charge in [-0.3, -0.25) is 4.90 Å². The molecule has 0 spiro atoms. The predicted molar refractivity (Wildman–Crippen MR) is 140 cm³/mol. The van der Waals surface area contributed by atoms with Crippen molar-refractivity contribution in [3.63, 3.8) is 0 Å². The van der Waals surface area contributed by atoms with E-state index in [1.807, 2.05) is 32.9 Å². The third-order valence-electron chi connectivity index (χ3n) is 7.31. The van der Waals surface area contributed by atoms with E-state index in [9.17, 15) is 9.18 Å². The smallest absolute Gasteiger partial charge is 0.407 e. The molecule has 2 atom stereocenters. The van der Waals surface area contributed by atoms with E-state index in [0.29, 0.717) is 12.5 Å². The number of piperidine rings is 1. The maximum atomic E-state index is 13.6. The Balaban J connectivity index is 1.32. The summed E-state index contributed by atoms with van der Waals surface area (Å²) in [6.45, 7) is 8.95. The van der Waals surface area contributed by atoms with Crippen molar-refractivity contribution in [2.75, 3.05) is 19.7 Å². The van der Waals surface area contributed by atoms with Crippen LogP contribution < -0.4 is 5.32 Å². The lowest BCUT2D eigenvalue weighted by atomic mass is 9.82. The van der Waals surface area contributed by atoms with Gasteiger partial charge in [-0.1, -0.05) is 42.5 Å². The Kier molecular flexibility index (Phi) is 9.02. The molecule has 6 heteroatoms. The van der Waals surface area contributed by atoms with Gasteiger partial charge in [-0.2, -0.15) is 0 Å². The lowest BCUT2D eigenvalue weighted by molar-refractivity contribution is -0.0220. The molecule has 1 saturated carbocycles. The van der Waals surface area contributed by atoms with E-state index in [-0.39, 0.29) is 30.0 Å². The van der Waals surface area contributed by atoms with Crippen LogP contribution >= 0.6 is 0 Å². The summed E-state index contributed by atoms with van der Waals surface area (Å²) in [4.78, 5) is 15.0. The van der Waals surface area contributed by atoms with E-state index in [4.69, 9.17) is 9.47 Å². The van der Waals surface area contributed by atoms with Crippen molar-refractivity contribution in [3.8, 4) is 0 Å². The van der Waals surface area contributed by atoms with Crippen LogP contribution in [0.15, 0.2) is 54.6 Å². The fourth-order valence-electron chi connectivity index (χ4n) is 5.49. The number of amides is 1. The van der Waals surface area contributed by atoms with Crippen molar-refractivity contribution in [1.29, 1.82) is 0 Å². The van der Waals surface area contributed by atoms with Crippen molar-refractivity contribution in [3.05, 3.63) is 71.5 Å². The molecule has 5 nitrogen and oxygen atoms in total. The van der Waals surface area contributed by atoms with E-state index in [2.05, 4.69) is 34.5 Å². The first-order valence-corrected chi connectivity index (χ1v) is 13.4. The lowest BCUT2D eigenvalue weighted by Crippen LogP contribution is -2.53. The maximum Gasteiger partial charge on any atom is 0.407 e. The molecule has 1 aliphatic heterocycles. The van der Waals surface area contributed by atoms with Crippen LogP contribution in [0.25, 0.3) is 0 Å². The van der Waals surface area contributed by atoms with Crippen LogP contribution in [0.5, 0.6) is 0 Å². The number of carbonyl (C=O) groups excluding carboxylic acids is 1. The second-order valence-electron chi connectivity index (χ2n) is 11.4. The molecule has 0 radical (unpaired) electrons. The first kappa shape index (κ1) is 26.6. The molecular formula is C30H41FN2O3. The molecule has 2 aliphatic rings. The number of halogens is 1. The van der Waals surface area contributed by atoms with Crippen molar-refractivity contribution >= 4 is 6.09 Å². The Hall–Kier alpha value is -2.44. The van der Waals surface area contributed by atoms with E-state index >= 15 is 0 Å². The Labute approximate surface area is 215 Å². The number of nitrogens with one attached hydrogen (secondary N) is 1. The number of nitrogens with zero attached hydrogens (tertiary/aromatic N) is 1. The van der Waals surface area contributed by atoms with Gasteiger partial charge in [0.2, 0.25) is 0 Å². The van der Waals surface area contributed by atoms with Gasteiger partial charge in [-0.15, -0.1) is 0 Å². The Bertz CT molecular complexity index is 970. The molecule has 2 aromatic carbocycles. The number of carbonyl (C=O) groups is 1. The minimum Gasteiger partial charge on any atom is -0.444 e. The zero-order valence-electron chi connectivity index (χ0n) is 21.9. The fraction of sp³-hybridized carbons (Fsp3) is 0.567. The summed E-state index contributed by atoms with van der Waals surface area (Å²) in [5.41, 5.74) is 1.87. The molecule has 1 aliphatic carbocycles. The predicted octanol–water partition coefficient (Wildman–Crippen LogP) is 6.28. The van der Waals surface area contributed by atoms with E-state index in [1.54, 1.807) is 12.1 Å². The van der Waals surface area contributed by atoms with Gasteiger partial charge >= 0.3 is 6.09 Å². The number of hydrogen-bond donors (Lipinski definition) is 1. The van der Waals surface area contributed by atoms with Crippen LogP contribution in [0, 0.1) is 11.7 Å². The van der Waals surface area contributed by atoms with Crippen molar-refractivity contribution < 1.29 is 18.7 Å². The molecular weight excluding hydrogens is 455 g/mol. The first-order valence-electron chi connectivity index (χ1n) is 13.4. The van der Waals surface area contributed by atoms with E-state index < -0.39 is 5.60 Å². The summed E-state index contributed by atoms with van der Waals surface area (Å²) in [7, 11) is 0. The highest BCUT2D eigenvalue weighted by Crippen LogP contribution is 2.34. The van der Waals surface area contributed by atoms with Gasteiger partial charge in [0.1, 0.15) is 11.4 Å². The van der Waals surface area contributed by atoms with Crippen LogP contribution in [-0.2, 0) is 16.0 Å². The monoisotopic (exact) mass is 496 g/mol. The molecule has 1 saturated heterocycles. The van der Waals surface area contributed by atoms with Crippen LogP contribution in [0.1, 0.15) is 69.9 Å². The average molecular weight is 497 g/mol. The van der Waals surface area contributed by atoms with Crippen molar-refractivity contribution in [2.45, 2.75) is 83.1 Å². The van der Waals surface area contributed by atoms with Crippen molar-refractivity contribution in [2.24, 2.45) is 5.92 Å². The molecule has 196 valence electrons. The van der Waals surface area contributed by atoms with E-state index in [0.717, 1.165) is 57.3 Å².